The number of hydrogen-bond acceptors (Lipinski definition) is 9. The van der Waals surface area contributed by atoms with E-state index < -0.39 is 51.8 Å². The van der Waals surface area contributed by atoms with Crippen LogP contribution in [0, 0.1) is 0 Å². The van der Waals surface area contributed by atoms with Gasteiger partial charge in [-0.05, 0) is 38.5 Å². The Morgan fingerprint density at radius 2 is 0.942 bits per heavy atom. The molecular weight excluding hydrogens is 683 g/mol. The summed E-state index contributed by atoms with van der Waals surface area (Å²) in [6.07, 6.45) is 34.8. The third kappa shape index (κ3) is 37.0. The van der Waals surface area contributed by atoms with E-state index in [-0.39, 0.29) is 19.4 Å². The second kappa shape index (κ2) is 38.0. The zero-order valence-corrected chi connectivity index (χ0v) is 34.2. The van der Waals surface area contributed by atoms with Crippen LogP contribution in [0.2, 0.25) is 0 Å². The lowest BCUT2D eigenvalue weighted by atomic mass is 10.0. The number of unbranched alkanes of at least 4 members (excludes halogenated alkanes) is 24. The van der Waals surface area contributed by atoms with Crippen LogP contribution < -0.4 is 0 Å². The van der Waals surface area contributed by atoms with Crippen molar-refractivity contribution in [3.8, 4) is 0 Å². The maximum absolute atomic E-state index is 12.6. The van der Waals surface area contributed by atoms with Gasteiger partial charge in [0.15, 0.2) is 6.10 Å². The minimum absolute atomic E-state index is 0.187. The average molecular weight is 763 g/mol. The van der Waals surface area contributed by atoms with Crippen molar-refractivity contribution in [2.75, 3.05) is 26.4 Å². The molecule has 11 heteroatoms. The smallest absolute Gasteiger partial charge is 0.462 e. The monoisotopic (exact) mass is 763 g/mol. The van der Waals surface area contributed by atoms with Crippen LogP contribution in [0.4, 0.5) is 0 Å². The van der Waals surface area contributed by atoms with Gasteiger partial charge in [0, 0.05) is 12.8 Å². The number of allylic oxidation sites excluding steroid dienone is 2. The first-order valence-electron chi connectivity index (χ1n) is 21.1. The number of phosphoric ester groups is 1. The third-order valence-electron chi connectivity index (χ3n) is 9.17. The van der Waals surface area contributed by atoms with E-state index in [2.05, 4.69) is 30.5 Å². The maximum Gasteiger partial charge on any atom is 0.472 e. The molecule has 52 heavy (non-hydrogen) atoms. The van der Waals surface area contributed by atoms with Crippen molar-refractivity contribution in [3.63, 3.8) is 0 Å². The Morgan fingerprint density at radius 1 is 0.558 bits per heavy atom. The van der Waals surface area contributed by atoms with E-state index in [1.807, 2.05) is 0 Å². The van der Waals surface area contributed by atoms with E-state index in [9.17, 15) is 24.2 Å². The Kier molecular flexibility index (Phi) is 37.1. The fourth-order valence-electron chi connectivity index (χ4n) is 5.87. The van der Waals surface area contributed by atoms with Crippen LogP contribution in [0.25, 0.3) is 0 Å². The number of rotatable bonds is 40. The largest absolute Gasteiger partial charge is 0.472 e. The Hall–Kier alpha value is -1.29. The van der Waals surface area contributed by atoms with E-state index in [1.54, 1.807) is 0 Å². The van der Waals surface area contributed by atoms with E-state index in [0.29, 0.717) is 12.8 Å². The van der Waals surface area contributed by atoms with Crippen LogP contribution in [0.15, 0.2) is 12.2 Å². The first kappa shape index (κ1) is 50.7. The summed E-state index contributed by atoms with van der Waals surface area (Å²) < 4.78 is 32.6. The number of esters is 2. The lowest BCUT2D eigenvalue weighted by molar-refractivity contribution is -0.161. The minimum atomic E-state index is -4.60. The Labute approximate surface area is 317 Å². The molecule has 0 aliphatic rings. The number of aliphatic hydroxyl groups excluding tert-OH is 2. The highest BCUT2D eigenvalue weighted by Gasteiger charge is 2.27. The van der Waals surface area contributed by atoms with Gasteiger partial charge in [-0.2, -0.15) is 0 Å². The van der Waals surface area contributed by atoms with Gasteiger partial charge in [-0.25, -0.2) is 4.57 Å². The molecule has 308 valence electrons. The molecule has 0 rings (SSSR count). The van der Waals surface area contributed by atoms with Gasteiger partial charge in [-0.1, -0.05) is 161 Å². The lowest BCUT2D eigenvalue weighted by Crippen LogP contribution is -2.29. The van der Waals surface area contributed by atoms with Crippen molar-refractivity contribution >= 4 is 19.8 Å². The molecule has 0 saturated carbocycles. The summed E-state index contributed by atoms with van der Waals surface area (Å²) in [5.74, 6) is -0.922. The molecule has 0 spiro atoms. The first-order valence-corrected chi connectivity index (χ1v) is 22.6. The standard InChI is InChI=1S/C41H79O10P/c1-3-5-7-9-11-13-14-15-16-17-18-19-20-21-22-23-24-25-27-29-31-33-41(45)51-39(37-50-52(46,47)49-35-38(43)34-42)36-48-40(44)32-30-28-26-12-10-8-6-4-2/h15-16,38-39,42-43H,3-14,17-37H2,1-2H3,(H,46,47)/b16-15+/t38-,39+/m0/s1. The summed E-state index contributed by atoms with van der Waals surface area (Å²) >= 11 is 0. The van der Waals surface area contributed by atoms with Crippen LogP contribution >= 0.6 is 7.82 Å². The number of aliphatic hydroxyl groups is 2. The summed E-state index contributed by atoms with van der Waals surface area (Å²) in [5, 5.41) is 18.3. The minimum Gasteiger partial charge on any atom is -0.462 e. The Bertz CT molecular complexity index is 884. The molecule has 0 heterocycles. The van der Waals surface area contributed by atoms with Crippen molar-refractivity contribution in [3.05, 3.63) is 12.2 Å². The summed E-state index contributed by atoms with van der Waals surface area (Å²) in [6, 6.07) is 0. The number of carbonyl (C=O) groups excluding carboxylic acids is 2. The highest BCUT2D eigenvalue weighted by Crippen LogP contribution is 2.43. The molecule has 0 bridgehead atoms. The molecule has 0 amide bonds. The zero-order valence-electron chi connectivity index (χ0n) is 33.3. The number of ether oxygens (including phenoxy) is 2. The fraction of sp³-hybridized carbons (Fsp3) is 0.902. The normalized spacial score (nSPS) is 14.0. The Balaban J connectivity index is 4.15. The molecule has 0 fully saturated rings. The van der Waals surface area contributed by atoms with Crippen molar-refractivity contribution in [2.24, 2.45) is 0 Å². The average Bonchev–Trinajstić information content (AvgIpc) is 3.13. The van der Waals surface area contributed by atoms with Gasteiger partial charge in [-0.3, -0.25) is 18.6 Å². The van der Waals surface area contributed by atoms with Crippen molar-refractivity contribution in [1.29, 1.82) is 0 Å². The molecule has 3 N–H and O–H groups in total. The van der Waals surface area contributed by atoms with Gasteiger partial charge in [0.05, 0.1) is 19.8 Å². The van der Waals surface area contributed by atoms with Gasteiger partial charge in [0.2, 0.25) is 0 Å². The molecule has 10 nitrogen and oxygen atoms in total. The van der Waals surface area contributed by atoms with Crippen molar-refractivity contribution in [1.82, 2.24) is 0 Å². The summed E-state index contributed by atoms with van der Waals surface area (Å²) in [4.78, 5) is 34.8. The lowest BCUT2D eigenvalue weighted by Gasteiger charge is -2.20. The molecule has 0 radical (unpaired) electrons. The highest BCUT2D eigenvalue weighted by molar-refractivity contribution is 7.47. The van der Waals surface area contributed by atoms with Crippen LogP contribution in [0.1, 0.15) is 200 Å². The molecule has 0 saturated heterocycles. The predicted octanol–water partition coefficient (Wildman–Crippen LogP) is 10.8. The quantitative estimate of drug-likeness (QED) is 0.0238. The van der Waals surface area contributed by atoms with Gasteiger partial charge in [-0.15, -0.1) is 0 Å². The molecular formula is C41H79O10P. The SMILES string of the molecule is CCCCCCCC/C=C/CCCCCCCCCCCCCC(=O)O[C@H](COC(=O)CCCCCCCCCC)COP(=O)(O)OC[C@@H](O)CO. The fourth-order valence-corrected chi connectivity index (χ4v) is 6.66. The molecule has 3 atom stereocenters. The van der Waals surface area contributed by atoms with E-state index in [1.165, 1.54) is 122 Å². The molecule has 0 aromatic rings. The van der Waals surface area contributed by atoms with Crippen LogP contribution in [-0.4, -0.2) is 65.7 Å². The molecule has 1 unspecified atom stereocenters. The number of hydrogen-bond donors (Lipinski definition) is 3. The van der Waals surface area contributed by atoms with Crippen molar-refractivity contribution in [2.45, 2.75) is 212 Å². The van der Waals surface area contributed by atoms with E-state index in [0.717, 1.165) is 38.5 Å². The molecule has 0 aliphatic carbocycles. The van der Waals surface area contributed by atoms with Crippen LogP contribution in [-0.2, 0) is 32.7 Å². The van der Waals surface area contributed by atoms with Gasteiger partial charge in [0.25, 0.3) is 0 Å². The Morgan fingerprint density at radius 3 is 1.38 bits per heavy atom. The molecule has 0 aromatic carbocycles. The van der Waals surface area contributed by atoms with Crippen LogP contribution in [0.3, 0.4) is 0 Å². The number of phosphoric acid groups is 1. The summed E-state index contributed by atoms with van der Waals surface area (Å²) in [6.45, 7) is 2.35. The van der Waals surface area contributed by atoms with Crippen LogP contribution in [0.5, 0.6) is 0 Å². The summed E-state index contributed by atoms with van der Waals surface area (Å²) in [5.41, 5.74) is 0. The second-order valence-corrected chi connectivity index (χ2v) is 15.8. The first-order chi connectivity index (χ1) is 25.2. The molecule has 0 aromatic heterocycles. The van der Waals surface area contributed by atoms with E-state index >= 15 is 0 Å². The molecule has 0 aliphatic heterocycles. The van der Waals surface area contributed by atoms with Crippen molar-refractivity contribution < 1.29 is 47.8 Å². The van der Waals surface area contributed by atoms with Gasteiger partial charge < -0.3 is 24.6 Å². The second-order valence-electron chi connectivity index (χ2n) is 14.4. The van der Waals surface area contributed by atoms with Gasteiger partial charge in [0.1, 0.15) is 12.7 Å². The number of carbonyl (C=O) groups is 2. The highest BCUT2D eigenvalue weighted by atomic mass is 31.2. The predicted molar refractivity (Wildman–Crippen MR) is 210 cm³/mol. The van der Waals surface area contributed by atoms with Gasteiger partial charge >= 0.3 is 19.8 Å². The zero-order chi connectivity index (χ0) is 38.4. The third-order valence-corrected chi connectivity index (χ3v) is 10.1. The topological polar surface area (TPSA) is 149 Å². The maximum atomic E-state index is 12.6. The summed E-state index contributed by atoms with van der Waals surface area (Å²) in [7, 11) is -4.60. The van der Waals surface area contributed by atoms with E-state index in [4.69, 9.17) is 19.1 Å².